The SMILES string of the molecule is Cc1ccnc2nc(C(=O)NCC3(O)CCCCC3)nn12. The molecule has 1 fully saturated rings. The van der Waals surface area contributed by atoms with Crippen LogP contribution >= 0.6 is 0 Å². The average molecular weight is 289 g/mol. The number of nitrogens with one attached hydrogen (secondary N) is 1. The molecular formula is C14H19N5O2. The van der Waals surface area contributed by atoms with Crippen LogP contribution in [0.3, 0.4) is 0 Å². The number of hydrogen-bond donors (Lipinski definition) is 2. The van der Waals surface area contributed by atoms with Crippen molar-refractivity contribution in [2.45, 2.75) is 44.6 Å². The van der Waals surface area contributed by atoms with Crippen molar-refractivity contribution in [1.82, 2.24) is 24.9 Å². The van der Waals surface area contributed by atoms with Crippen LogP contribution in [0.1, 0.15) is 48.4 Å². The lowest BCUT2D eigenvalue weighted by atomic mass is 9.85. The van der Waals surface area contributed by atoms with Gasteiger partial charge in [0.15, 0.2) is 0 Å². The largest absolute Gasteiger partial charge is 0.388 e. The van der Waals surface area contributed by atoms with E-state index in [1.807, 2.05) is 6.92 Å². The van der Waals surface area contributed by atoms with Gasteiger partial charge in [0.2, 0.25) is 5.82 Å². The molecule has 2 N–H and O–H groups in total. The normalized spacial score (nSPS) is 17.8. The minimum absolute atomic E-state index is 0.0798. The highest BCUT2D eigenvalue weighted by Gasteiger charge is 2.30. The molecule has 0 spiro atoms. The van der Waals surface area contributed by atoms with E-state index >= 15 is 0 Å². The maximum absolute atomic E-state index is 12.1. The third-order valence-corrected chi connectivity index (χ3v) is 4.00. The van der Waals surface area contributed by atoms with Crippen molar-refractivity contribution in [1.29, 1.82) is 0 Å². The number of aliphatic hydroxyl groups is 1. The van der Waals surface area contributed by atoms with Gasteiger partial charge in [-0.25, -0.2) is 9.50 Å². The smallest absolute Gasteiger partial charge is 0.291 e. The van der Waals surface area contributed by atoms with Gasteiger partial charge in [-0.05, 0) is 25.8 Å². The van der Waals surface area contributed by atoms with E-state index in [4.69, 9.17) is 0 Å². The van der Waals surface area contributed by atoms with Crippen LogP contribution in [-0.4, -0.2) is 42.7 Å². The summed E-state index contributed by atoms with van der Waals surface area (Å²) < 4.78 is 1.53. The molecule has 0 atom stereocenters. The first-order chi connectivity index (χ1) is 10.1. The molecule has 2 heterocycles. The van der Waals surface area contributed by atoms with Gasteiger partial charge >= 0.3 is 0 Å². The molecule has 7 heteroatoms. The zero-order valence-corrected chi connectivity index (χ0v) is 12.0. The molecule has 2 aromatic rings. The molecule has 0 aliphatic heterocycles. The highest BCUT2D eigenvalue weighted by Crippen LogP contribution is 2.27. The van der Waals surface area contributed by atoms with Crippen molar-refractivity contribution in [3.63, 3.8) is 0 Å². The summed E-state index contributed by atoms with van der Waals surface area (Å²) in [7, 11) is 0. The molecule has 0 aromatic carbocycles. The quantitative estimate of drug-likeness (QED) is 0.874. The number of aryl methyl sites for hydroxylation is 1. The Hall–Kier alpha value is -2.02. The predicted molar refractivity (Wildman–Crippen MR) is 75.9 cm³/mol. The molecule has 0 radical (unpaired) electrons. The predicted octanol–water partition coefficient (Wildman–Crippen LogP) is 0.858. The molecule has 112 valence electrons. The fraction of sp³-hybridized carbons (Fsp3) is 0.571. The van der Waals surface area contributed by atoms with E-state index < -0.39 is 5.60 Å². The fourth-order valence-corrected chi connectivity index (χ4v) is 2.71. The molecule has 1 aliphatic carbocycles. The van der Waals surface area contributed by atoms with E-state index in [9.17, 15) is 9.90 Å². The molecule has 7 nitrogen and oxygen atoms in total. The van der Waals surface area contributed by atoms with Crippen LogP contribution < -0.4 is 5.32 Å². The summed E-state index contributed by atoms with van der Waals surface area (Å²) in [5, 5.41) is 17.3. The fourth-order valence-electron chi connectivity index (χ4n) is 2.71. The van der Waals surface area contributed by atoms with E-state index in [2.05, 4.69) is 20.4 Å². The maximum atomic E-state index is 12.1. The Morgan fingerprint density at radius 2 is 2.19 bits per heavy atom. The summed E-state index contributed by atoms with van der Waals surface area (Å²) >= 11 is 0. The van der Waals surface area contributed by atoms with Crippen molar-refractivity contribution in [2.75, 3.05) is 6.54 Å². The summed E-state index contributed by atoms with van der Waals surface area (Å²) in [5.74, 6) is 0.103. The Labute approximate surface area is 122 Å². The summed E-state index contributed by atoms with van der Waals surface area (Å²) in [6.45, 7) is 2.11. The summed E-state index contributed by atoms with van der Waals surface area (Å²) in [6, 6.07) is 1.80. The molecule has 1 aliphatic rings. The number of amides is 1. The van der Waals surface area contributed by atoms with Crippen molar-refractivity contribution >= 4 is 11.7 Å². The Balaban J connectivity index is 1.70. The summed E-state index contributed by atoms with van der Waals surface area (Å²) in [6.07, 6.45) is 6.24. The first-order valence-corrected chi connectivity index (χ1v) is 7.26. The number of carbonyl (C=O) groups excluding carboxylic acids is 1. The van der Waals surface area contributed by atoms with Gasteiger partial charge in [-0.15, -0.1) is 5.10 Å². The third kappa shape index (κ3) is 2.87. The summed E-state index contributed by atoms with van der Waals surface area (Å²) in [5.41, 5.74) is 0.0683. The molecule has 2 aromatic heterocycles. The summed E-state index contributed by atoms with van der Waals surface area (Å²) in [4.78, 5) is 20.3. The molecule has 0 unspecified atom stereocenters. The lowest BCUT2D eigenvalue weighted by molar-refractivity contribution is 0.00516. The van der Waals surface area contributed by atoms with Crippen LogP contribution in [0.4, 0.5) is 0 Å². The third-order valence-electron chi connectivity index (χ3n) is 4.00. The number of aromatic nitrogens is 4. The van der Waals surface area contributed by atoms with Gasteiger partial charge in [0.05, 0.1) is 5.60 Å². The first-order valence-electron chi connectivity index (χ1n) is 7.26. The molecule has 0 saturated heterocycles. The number of hydrogen-bond acceptors (Lipinski definition) is 5. The van der Waals surface area contributed by atoms with Crippen LogP contribution in [0.5, 0.6) is 0 Å². The zero-order chi connectivity index (χ0) is 14.9. The van der Waals surface area contributed by atoms with Gasteiger partial charge in [-0.2, -0.15) is 4.98 Å². The number of fused-ring (bicyclic) bond motifs is 1. The molecule has 21 heavy (non-hydrogen) atoms. The molecule has 0 bridgehead atoms. The highest BCUT2D eigenvalue weighted by atomic mass is 16.3. The number of nitrogens with zero attached hydrogens (tertiary/aromatic N) is 4. The van der Waals surface area contributed by atoms with E-state index in [0.717, 1.165) is 37.8 Å². The number of carbonyl (C=O) groups is 1. The first kappa shape index (κ1) is 13.9. The van der Waals surface area contributed by atoms with Crippen LogP contribution in [0.2, 0.25) is 0 Å². The van der Waals surface area contributed by atoms with Crippen molar-refractivity contribution in [2.24, 2.45) is 0 Å². The van der Waals surface area contributed by atoms with Crippen molar-refractivity contribution in [3.8, 4) is 0 Å². The Bertz CT molecular complexity index is 660. The molecule has 1 saturated carbocycles. The van der Waals surface area contributed by atoms with Crippen LogP contribution in [0, 0.1) is 6.92 Å². The second-order valence-electron chi connectivity index (χ2n) is 5.70. The Morgan fingerprint density at radius 1 is 1.43 bits per heavy atom. The monoisotopic (exact) mass is 289 g/mol. The van der Waals surface area contributed by atoms with E-state index in [1.165, 1.54) is 4.52 Å². The van der Waals surface area contributed by atoms with Gasteiger partial charge < -0.3 is 10.4 Å². The van der Waals surface area contributed by atoms with Crippen molar-refractivity contribution < 1.29 is 9.90 Å². The molecular weight excluding hydrogens is 270 g/mol. The second kappa shape index (κ2) is 5.40. The van der Waals surface area contributed by atoms with Crippen LogP contribution in [-0.2, 0) is 0 Å². The average Bonchev–Trinajstić information content (AvgIpc) is 2.91. The van der Waals surface area contributed by atoms with Crippen LogP contribution in [0.15, 0.2) is 12.3 Å². The van der Waals surface area contributed by atoms with Gasteiger partial charge in [0.1, 0.15) is 0 Å². The standard InChI is InChI=1S/C14H19N5O2/c1-10-5-8-15-13-17-11(18-19(10)13)12(20)16-9-14(21)6-3-2-4-7-14/h5,8,21H,2-4,6-7,9H2,1H3,(H,16,20). The van der Waals surface area contributed by atoms with Gasteiger partial charge in [0.25, 0.3) is 11.7 Å². The van der Waals surface area contributed by atoms with Gasteiger partial charge in [0, 0.05) is 18.4 Å². The van der Waals surface area contributed by atoms with E-state index in [0.29, 0.717) is 5.78 Å². The van der Waals surface area contributed by atoms with Gasteiger partial charge in [-0.1, -0.05) is 19.3 Å². The Morgan fingerprint density at radius 3 is 2.90 bits per heavy atom. The van der Waals surface area contributed by atoms with Crippen LogP contribution in [0.25, 0.3) is 5.78 Å². The van der Waals surface area contributed by atoms with E-state index in [-0.39, 0.29) is 18.3 Å². The zero-order valence-electron chi connectivity index (χ0n) is 12.0. The minimum Gasteiger partial charge on any atom is -0.388 e. The van der Waals surface area contributed by atoms with E-state index in [1.54, 1.807) is 12.3 Å². The number of rotatable bonds is 3. The van der Waals surface area contributed by atoms with Gasteiger partial charge in [-0.3, -0.25) is 4.79 Å². The lowest BCUT2D eigenvalue weighted by Crippen LogP contribution is -2.44. The molecule has 3 rings (SSSR count). The maximum Gasteiger partial charge on any atom is 0.291 e. The van der Waals surface area contributed by atoms with Crippen molar-refractivity contribution in [3.05, 3.63) is 23.8 Å². The minimum atomic E-state index is -0.790. The lowest BCUT2D eigenvalue weighted by Gasteiger charge is -2.31. The topological polar surface area (TPSA) is 92.4 Å². The highest BCUT2D eigenvalue weighted by molar-refractivity contribution is 5.90. The molecule has 1 amide bonds. The Kier molecular flexibility index (Phi) is 3.59. The second-order valence-corrected chi connectivity index (χ2v) is 5.70.